The molecule has 0 spiro atoms. The van der Waals surface area contributed by atoms with Gasteiger partial charge in [0, 0.05) is 12.3 Å². The lowest BCUT2D eigenvalue weighted by atomic mass is 9.63. The van der Waals surface area contributed by atoms with Crippen molar-refractivity contribution in [2.45, 2.75) is 52.4 Å². The Hall–Kier alpha value is -0.330. The number of fused-ring (bicyclic) bond motifs is 3. The van der Waals surface area contributed by atoms with E-state index in [2.05, 4.69) is 0 Å². The third-order valence-corrected chi connectivity index (χ3v) is 4.30. The van der Waals surface area contributed by atoms with Gasteiger partial charge in [0.05, 0.1) is 0 Å². The molecular formula is C13H22O. The summed E-state index contributed by atoms with van der Waals surface area (Å²) >= 11 is 0. The van der Waals surface area contributed by atoms with Crippen LogP contribution in [0.15, 0.2) is 0 Å². The maximum Gasteiger partial charge on any atom is 0.135 e. The predicted octanol–water partition coefficient (Wildman–Crippen LogP) is 3.43. The maximum atomic E-state index is 11.7. The first-order valence-corrected chi connectivity index (χ1v) is 6.19. The first-order chi connectivity index (χ1) is 6.66. The summed E-state index contributed by atoms with van der Waals surface area (Å²) < 4.78 is 0. The highest BCUT2D eigenvalue weighted by Crippen LogP contribution is 2.46. The van der Waals surface area contributed by atoms with Crippen LogP contribution in [0.2, 0.25) is 0 Å². The number of hydrogen-bond acceptors (Lipinski definition) is 1. The van der Waals surface area contributed by atoms with E-state index in [9.17, 15) is 4.79 Å². The van der Waals surface area contributed by atoms with Crippen LogP contribution in [0.25, 0.3) is 0 Å². The summed E-state index contributed by atoms with van der Waals surface area (Å²) in [5.41, 5.74) is 0. The van der Waals surface area contributed by atoms with Gasteiger partial charge in [0.25, 0.3) is 0 Å². The zero-order chi connectivity index (χ0) is 10.1. The number of Topliss-reactive ketones (excluding diaryl/α,β-unsaturated/α-hetero) is 1. The fourth-order valence-electron chi connectivity index (χ4n) is 3.26. The monoisotopic (exact) mass is 194 g/mol. The molecule has 0 saturated heterocycles. The Morgan fingerprint density at radius 2 is 1.86 bits per heavy atom. The second kappa shape index (κ2) is 4.04. The molecule has 0 aromatic rings. The average Bonchev–Trinajstić information content (AvgIpc) is 2.19. The number of carbonyl (C=O) groups excluding carboxylic acids is 1. The minimum atomic E-state index is 0.246. The molecule has 1 atom stereocenters. The quantitative estimate of drug-likeness (QED) is 0.672. The third kappa shape index (κ3) is 2.02. The van der Waals surface area contributed by atoms with Crippen LogP contribution in [0.4, 0.5) is 0 Å². The van der Waals surface area contributed by atoms with Crippen molar-refractivity contribution in [2.75, 3.05) is 0 Å². The van der Waals surface area contributed by atoms with Crippen LogP contribution in [0.1, 0.15) is 52.4 Å². The first-order valence-electron chi connectivity index (χ1n) is 6.19. The Bertz CT molecular complexity index is 211. The second-order valence-corrected chi connectivity index (χ2v) is 5.60. The standard InChI is InChI=1S/C13H22O/c1-9(2)13(14)8-12-7-10-3-5-11(12)6-4-10/h9-12H,3-8H2,1-2H3. The van der Waals surface area contributed by atoms with Crippen LogP contribution in [0.3, 0.4) is 0 Å². The Labute approximate surface area is 87.3 Å². The Morgan fingerprint density at radius 1 is 1.21 bits per heavy atom. The molecule has 1 heteroatoms. The highest BCUT2D eigenvalue weighted by atomic mass is 16.1. The molecule has 0 aromatic carbocycles. The molecule has 3 saturated carbocycles. The fourth-order valence-corrected chi connectivity index (χ4v) is 3.26. The molecule has 0 aliphatic heterocycles. The number of rotatable bonds is 3. The van der Waals surface area contributed by atoms with Crippen LogP contribution in [0, 0.1) is 23.7 Å². The molecule has 0 radical (unpaired) electrons. The Morgan fingerprint density at radius 3 is 2.29 bits per heavy atom. The van der Waals surface area contributed by atoms with Gasteiger partial charge >= 0.3 is 0 Å². The molecule has 0 N–H and O–H groups in total. The van der Waals surface area contributed by atoms with Crippen molar-refractivity contribution >= 4 is 5.78 Å². The van der Waals surface area contributed by atoms with Gasteiger partial charge in [0.2, 0.25) is 0 Å². The summed E-state index contributed by atoms with van der Waals surface area (Å²) in [5, 5.41) is 0. The van der Waals surface area contributed by atoms with Crippen molar-refractivity contribution in [3.05, 3.63) is 0 Å². The van der Waals surface area contributed by atoms with Crippen LogP contribution >= 0.6 is 0 Å². The highest BCUT2D eigenvalue weighted by molar-refractivity contribution is 5.80. The molecule has 3 fully saturated rings. The Balaban J connectivity index is 1.90. The molecule has 0 aromatic heterocycles. The summed E-state index contributed by atoms with van der Waals surface area (Å²) in [6.07, 6.45) is 7.91. The van der Waals surface area contributed by atoms with Crippen LogP contribution in [-0.4, -0.2) is 5.78 Å². The van der Waals surface area contributed by atoms with E-state index in [1.807, 2.05) is 13.8 Å². The molecule has 14 heavy (non-hydrogen) atoms. The summed E-state index contributed by atoms with van der Waals surface area (Å²) in [4.78, 5) is 11.7. The molecule has 3 aliphatic carbocycles. The molecule has 80 valence electrons. The second-order valence-electron chi connectivity index (χ2n) is 5.60. The van der Waals surface area contributed by atoms with Crippen LogP contribution in [-0.2, 0) is 4.79 Å². The largest absolute Gasteiger partial charge is 0.299 e. The van der Waals surface area contributed by atoms with E-state index in [0.29, 0.717) is 5.78 Å². The fraction of sp³-hybridized carbons (Fsp3) is 0.923. The van der Waals surface area contributed by atoms with Crippen molar-refractivity contribution in [1.82, 2.24) is 0 Å². The summed E-state index contributed by atoms with van der Waals surface area (Å²) in [6, 6.07) is 0. The van der Waals surface area contributed by atoms with Crippen molar-refractivity contribution < 1.29 is 4.79 Å². The number of hydrogen-bond donors (Lipinski definition) is 0. The summed E-state index contributed by atoms with van der Waals surface area (Å²) in [7, 11) is 0. The SMILES string of the molecule is CC(C)C(=O)CC1CC2CCC1CC2. The highest BCUT2D eigenvalue weighted by Gasteiger charge is 2.36. The molecule has 2 bridgehead atoms. The zero-order valence-corrected chi connectivity index (χ0v) is 9.46. The van der Waals surface area contributed by atoms with Crippen molar-refractivity contribution in [3.8, 4) is 0 Å². The van der Waals surface area contributed by atoms with Crippen molar-refractivity contribution in [1.29, 1.82) is 0 Å². The Kier molecular flexibility index (Phi) is 2.94. The summed E-state index contributed by atoms with van der Waals surface area (Å²) in [5.74, 6) is 3.34. The zero-order valence-electron chi connectivity index (χ0n) is 9.46. The van der Waals surface area contributed by atoms with Gasteiger partial charge in [-0.1, -0.05) is 26.7 Å². The minimum Gasteiger partial charge on any atom is -0.299 e. The van der Waals surface area contributed by atoms with E-state index in [4.69, 9.17) is 0 Å². The minimum absolute atomic E-state index is 0.246. The third-order valence-electron chi connectivity index (χ3n) is 4.30. The van der Waals surface area contributed by atoms with Gasteiger partial charge in [-0.2, -0.15) is 0 Å². The smallest absolute Gasteiger partial charge is 0.135 e. The number of carbonyl (C=O) groups is 1. The van der Waals surface area contributed by atoms with Gasteiger partial charge in [-0.15, -0.1) is 0 Å². The van der Waals surface area contributed by atoms with Gasteiger partial charge in [0.15, 0.2) is 0 Å². The van der Waals surface area contributed by atoms with Crippen LogP contribution in [0.5, 0.6) is 0 Å². The van der Waals surface area contributed by atoms with Gasteiger partial charge < -0.3 is 0 Å². The predicted molar refractivity (Wildman–Crippen MR) is 58.0 cm³/mol. The molecule has 3 rings (SSSR count). The van der Waals surface area contributed by atoms with Crippen molar-refractivity contribution in [2.24, 2.45) is 23.7 Å². The van der Waals surface area contributed by atoms with E-state index in [1.54, 1.807) is 0 Å². The molecule has 1 unspecified atom stereocenters. The van der Waals surface area contributed by atoms with Crippen LogP contribution < -0.4 is 0 Å². The van der Waals surface area contributed by atoms with Gasteiger partial charge in [-0.05, 0) is 37.0 Å². The van der Waals surface area contributed by atoms with Gasteiger partial charge in [0.1, 0.15) is 5.78 Å². The maximum absolute atomic E-state index is 11.7. The molecule has 1 nitrogen and oxygen atoms in total. The molecule has 0 heterocycles. The molecule has 0 amide bonds. The molecular weight excluding hydrogens is 172 g/mol. The van der Waals surface area contributed by atoms with E-state index in [1.165, 1.54) is 32.1 Å². The summed E-state index contributed by atoms with van der Waals surface area (Å²) in [6.45, 7) is 4.06. The first kappa shape index (κ1) is 10.2. The van der Waals surface area contributed by atoms with E-state index < -0.39 is 0 Å². The lowest BCUT2D eigenvalue weighted by molar-refractivity contribution is -0.124. The normalized spacial score (nSPS) is 36.4. The average molecular weight is 194 g/mol. The van der Waals surface area contributed by atoms with Crippen molar-refractivity contribution in [3.63, 3.8) is 0 Å². The van der Waals surface area contributed by atoms with E-state index in [-0.39, 0.29) is 5.92 Å². The lowest BCUT2D eigenvalue weighted by Crippen LogP contribution is -2.33. The lowest BCUT2D eigenvalue weighted by Gasteiger charge is -2.42. The van der Waals surface area contributed by atoms with E-state index in [0.717, 1.165) is 24.2 Å². The number of ketones is 1. The van der Waals surface area contributed by atoms with Gasteiger partial charge in [-0.25, -0.2) is 0 Å². The van der Waals surface area contributed by atoms with E-state index >= 15 is 0 Å². The topological polar surface area (TPSA) is 17.1 Å². The molecule has 3 aliphatic rings. The van der Waals surface area contributed by atoms with Gasteiger partial charge in [-0.3, -0.25) is 4.79 Å².